The molecule has 0 aliphatic heterocycles. The van der Waals surface area contributed by atoms with E-state index in [1.165, 1.54) is 64.2 Å². The first-order valence-electron chi connectivity index (χ1n) is 13.9. The number of hydrogen-bond acceptors (Lipinski definition) is 5. The van der Waals surface area contributed by atoms with Crippen LogP contribution in [0.5, 0.6) is 11.5 Å². The number of carbonyl (C=O) groups is 1. The monoisotopic (exact) mass is 482 g/mol. The predicted molar refractivity (Wildman–Crippen MR) is 144 cm³/mol. The molecular weight excluding hydrogens is 436 g/mol. The number of unbranched alkanes of at least 4 members (excludes halogenated alkanes) is 9. The van der Waals surface area contributed by atoms with Gasteiger partial charge in [-0.25, -0.2) is 9.97 Å². The van der Waals surface area contributed by atoms with Crippen molar-refractivity contribution in [2.45, 2.75) is 111 Å². The molecule has 5 nitrogen and oxygen atoms in total. The van der Waals surface area contributed by atoms with Gasteiger partial charge in [-0.1, -0.05) is 91.4 Å². The maximum absolute atomic E-state index is 12.1. The van der Waals surface area contributed by atoms with Crippen molar-refractivity contribution in [3.8, 4) is 22.9 Å². The molecule has 0 N–H and O–H groups in total. The van der Waals surface area contributed by atoms with Crippen LogP contribution in [0.25, 0.3) is 11.4 Å². The molecule has 1 unspecified atom stereocenters. The van der Waals surface area contributed by atoms with Gasteiger partial charge < -0.3 is 9.47 Å². The normalized spacial score (nSPS) is 11.9. The Balaban J connectivity index is 1.63. The summed E-state index contributed by atoms with van der Waals surface area (Å²) in [6.45, 7) is 7.42. The van der Waals surface area contributed by atoms with Crippen LogP contribution in [0.1, 0.15) is 111 Å². The van der Waals surface area contributed by atoms with E-state index in [4.69, 9.17) is 9.47 Å². The van der Waals surface area contributed by atoms with Crippen molar-refractivity contribution in [2.75, 3.05) is 6.61 Å². The molecule has 2 rings (SSSR count). The van der Waals surface area contributed by atoms with Crippen LogP contribution in [-0.2, 0) is 4.79 Å². The van der Waals surface area contributed by atoms with Crippen molar-refractivity contribution >= 4 is 5.97 Å². The first-order chi connectivity index (χ1) is 17.1. The number of benzene rings is 1. The highest BCUT2D eigenvalue weighted by Gasteiger charge is 2.08. The van der Waals surface area contributed by atoms with Gasteiger partial charge in [0.15, 0.2) is 11.6 Å². The van der Waals surface area contributed by atoms with E-state index < -0.39 is 0 Å². The third kappa shape index (κ3) is 12.7. The molecule has 1 aromatic carbocycles. The first kappa shape index (κ1) is 28.8. The van der Waals surface area contributed by atoms with Gasteiger partial charge >= 0.3 is 5.97 Å². The quantitative estimate of drug-likeness (QED) is 0.114. The van der Waals surface area contributed by atoms with E-state index in [1.54, 1.807) is 24.5 Å². The van der Waals surface area contributed by atoms with Crippen LogP contribution in [0.15, 0.2) is 36.7 Å². The third-order valence-corrected chi connectivity index (χ3v) is 6.51. The molecule has 0 bridgehead atoms. The number of rotatable bonds is 19. The molecule has 0 radical (unpaired) electrons. The van der Waals surface area contributed by atoms with Gasteiger partial charge in [0.25, 0.3) is 0 Å². The second kappa shape index (κ2) is 17.9. The summed E-state index contributed by atoms with van der Waals surface area (Å²) in [6, 6.07) is 7.35. The van der Waals surface area contributed by atoms with Crippen molar-refractivity contribution in [3.05, 3.63) is 36.7 Å². The fourth-order valence-electron chi connectivity index (χ4n) is 3.96. The molecule has 2 aromatic rings. The topological polar surface area (TPSA) is 61.3 Å². The Morgan fingerprint density at radius 2 is 1.43 bits per heavy atom. The zero-order valence-electron chi connectivity index (χ0n) is 22.3. The Kier molecular flexibility index (Phi) is 14.8. The lowest BCUT2D eigenvalue weighted by molar-refractivity contribution is -0.134. The Bertz CT molecular complexity index is 805. The molecular formula is C30H46N2O3. The number of carbonyl (C=O) groups excluding carboxylic acids is 1. The van der Waals surface area contributed by atoms with Crippen molar-refractivity contribution in [2.24, 2.45) is 5.92 Å². The van der Waals surface area contributed by atoms with E-state index >= 15 is 0 Å². The highest BCUT2D eigenvalue weighted by molar-refractivity contribution is 5.72. The SMILES string of the molecule is CCCCCCCCCCCOc1cnc(-c2ccc(OC(=O)CCCCC(C)CC)cc2)nc1. The van der Waals surface area contributed by atoms with Crippen LogP contribution in [-0.4, -0.2) is 22.5 Å². The number of aromatic nitrogens is 2. The largest absolute Gasteiger partial charge is 0.490 e. The third-order valence-electron chi connectivity index (χ3n) is 6.51. The Morgan fingerprint density at radius 1 is 0.800 bits per heavy atom. The van der Waals surface area contributed by atoms with E-state index in [0.29, 0.717) is 30.4 Å². The molecule has 0 aliphatic carbocycles. The Hall–Kier alpha value is -2.43. The smallest absolute Gasteiger partial charge is 0.311 e. The van der Waals surface area contributed by atoms with Crippen LogP contribution < -0.4 is 9.47 Å². The molecule has 194 valence electrons. The summed E-state index contributed by atoms with van der Waals surface area (Å²) in [4.78, 5) is 20.9. The van der Waals surface area contributed by atoms with Crippen LogP contribution in [0.4, 0.5) is 0 Å². The number of hydrogen-bond donors (Lipinski definition) is 0. The molecule has 0 fully saturated rings. The maximum Gasteiger partial charge on any atom is 0.311 e. The van der Waals surface area contributed by atoms with Gasteiger partial charge in [-0.05, 0) is 43.0 Å². The molecule has 0 saturated carbocycles. The van der Waals surface area contributed by atoms with Gasteiger partial charge in [0.2, 0.25) is 0 Å². The van der Waals surface area contributed by atoms with E-state index in [1.807, 2.05) is 12.1 Å². The molecule has 1 heterocycles. The Morgan fingerprint density at radius 3 is 2.06 bits per heavy atom. The molecule has 35 heavy (non-hydrogen) atoms. The predicted octanol–water partition coefficient (Wildman–Crippen LogP) is 8.57. The fraction of sp³-hybridized carbons (Fsp3) is 0.633. The summed E-state index contributed by atoms with van der Waals surface area (Å²) in [5, 5.41) is 0. The minimum Gasteiger partial charge on any atom is -0.490 e. The van der Waals surface area contributed by atoms with Gasteiger partial charge in [-0.15, -0.1) is 0 Å². The molecule has 1 aromatic heterocycles. The van der Waals surface area contributed by atoms with Gasteiger partial charge in [0.05, 0.1) is 19.0 Å². The summed E-state index contributed by atoms with van der Waals surface area (Å²) in [7, 11) is 0. The van der Waals surface area contributed by atoms with Crippen LogP contribution in [0.2, 0.25) is 0 Å². The number of nitrogens with zero attached hydrogens (tertiary/aromatic N) is 2. The molecule has 0 spiro atoms. The summed E-state index contributed by atoms with van der Waals surface area (Å²) in [6.07, 6.45) is 19.9. The molecule has 1 atom stereocenters. The van der Waals surface area contributed by atoms with Crippen molar-refractivity contribution in [3.63, 3.8) is 0 Å². The van der Waals surface area contributed by atoms with Crippen LogP contribution in [0.3, 0.4) is 0 Å². The highest BCUT2D eigenvalue weighted by Crippen LogP contribution is 2.21. The van der Waals surface area contributed by atoms with Crippen LogP contribution >= 0.6 is 0 Å². The second-order valence-electron chi connectivity index (χ2n) is 9.68. The summed E-state index contributed by atoms with van der Waals surface area (Å²) >= 11 is 0. The zero-order valence-corrected chi connectivity index (χ0v) is 22.3. The molecule has 5 heteroatoms. The molecule has 0 saturated heterocycles. The summed E-state index contributed by atoms with van der Waals surface area (Å²) in [5.41, 5.74) is 0.879. The van der Waals surface area contributed by atoms with Gasteiger partial charge in [-0.3, -0.25) is 4.79 Å². The summed E-state index contributed by atoms with van der Waals surface area (Å²) < 4.78 is 11.3. The minimum atomic E-state index is -0.174. The minimum absolute atomic E-state index is 0.174. The highest BCUT2D eigenvalue weighted by atomic mass is 16.5. The van der Waals surface area contributed by atoms with Crippen molar-refractivity contribution < 1.29 is 14.3 Å². The second-order valence-corrected chi connectivity index (χ2v) is 9.68. The fourth-order valence-corrected chi connectivity index (χ4v) is 3.96. The van der Waals surface area contributed by atoms with E-state index in [2.05, 4.69) is 30.7 Å². The van der Waals surface area contributed by atoms with E-state index in [0.717, 1.165) is 30.7 Å². The lowest BCUT2D eigenvalue weighted by atomic mass is 10.0. The van der Waals surface area contributed by atoms with Crippen molar-refractivity contribution in [1.29, 1.82) is 0 Å². The first-order valence-corrected chi connectivity index (χ1v) is 13.9. The van der Waals surface area contributed by atoms with Crippen molar-refractivity contribution in [1.82, 2.24) is 9.97 Å². The summed E-state index contributed by atoms with van der Waals surface area (Å²) in [5.74, 6) is 2.44. The number of ether oxygens (including phenoxy) is 2. The van der Waals surface area contributed by atoms with Gasteiger partial charge in [-0.2, -0.15) is 0 Å². The lowest BCUT2D eigenvalue weighted by Crippen LogP contribution is -2.07. The van der Waals surface area contributed by atoms with E-state index in [9.17, 15) is 4.79 Å². The van der Waals surface area contributed by atoms with Gasteiger partial charge in [0.1, 0.15) is 5.75 Å². The maximum atomic E-state index is 12.1. The number of esters is 1. The molecule has 0 amide bonds. The van der Waals surface area contributed by atoms with Gasteiger partial charge in [0, 0.05) is 12.0 Å². The average molecular weight is 483 g/mol. The average Bonchev–Trinajstić information content (AvgIpc) is 2.88. The lowest BCUT2D eigenvalue weighted by Gasteiger charge is -2.08. The standard InChI is InChI=1S/C30H46N2O3/c1-4-6-7-8-9-10-11-12-15-22-34-28-23-31-30(32-24-28)26-18-20-27(21-19-26)35-29(33)17-14-13-16-25(3)5-2/h18-21,23-25H,4-17,22H2,1-3H3. The Labute approximate surface area is 213 Å². The zero-order chi connectivity index (χ0) is 25.1. The van der Waals surface area contributed by atoms with Crippen LogP contribution in [0, 0.1) is 5.92 Å². The molecule has 0 aliphatic rings. The van der Waals surface area contributed by atoms with E-state index in [-0.39, 0.29) is 5.97 Å².